The summed E-state index contributed by atoms with van der Waals surface area (Å²) in [5.74, 6) is -5.51. The van der Waals surface area contributed by atoms with Gasteiger partial charge in [0.15, 0.2) is 0 Å². The molecule has 112 valence electrons. The van der Waals surface area contributed by atoms with E-state index in [0.29, 0.717) is 0 Å². The van der Waals surface area contributed by atoms with Crippen LogP contribution in [0.1, 0.15) is 27.7 Å². The van der Waals surface area contributed by atoms with Crippen molar-refractivity contribution in [1.82, 2.24) is 0 Å². The van der Waals surface area contributed by atoms with Gasteiger partial charge in [-0.25, -0.2) is 9.59 Å². The van der Waals surface area contributed by atoms with Gasteiger partial charge in [0, 0.05) is 0 Å². The normalized spacial score (nSPS) is 9.44. The average Bonchev–Trinajstić information content (AvgIpc) is 2.21. The number of halogens is 6. The second-order valence-corrected chi connectivity index (χ2v) is 1.61. The summed E-state index contributed by atoms with van der Waals surface area (Å²) in [6, 6.07) is 0. The van der Waals surface area contributed by atoms with E-state index in [4.69, 9.17) is 19.8 Å². The summed E-state index contributed by atoms with van der Waals surface area (Å²) in [5, 5.41) is 14.2. The van der Waals surface area contributed by atoms with Crippen LogP contribution in [-0.2, 0) is 9.59 Å². The molecule has 0 unspecified atom stereocenters. The number of hydrogen-bond donors (Lipinski definition) is 2. The molecule has 0 aromatic heterocycles. The first-order chi connectivity index (χ1) is 7.89. The van der Waals surface area contributed by atoms with Gasteiger partial charge >= 0.3 is 24.3 Å². The first-order valence-electron chi connectivity index (χ1n) is 4.49. The summed E-state index contributed by atoms with van der Waals surface area (Å²) in [6.45, 7) is 8.00. The highest BCUT2D eigenvalue weighted by atomic mass is 19.4. The van der Waals surface area contributed by atoms with E-state index in [1.807, 2.05) is 27.7 Å². The fourth-order valence-corrected chi connectivity index (χ4v) is 0. The van der Waals surface area contributed by atoms with E-state index < -0.39 is 24.3 Å². The third kappa shape index (κ3) is 24.0. The van der Waals surface area contributed by atoms with E-state index in [0.717, 1.165) is 0 Å². The summed E-state index contributed by atoms with van der Waals surface area (Å²) in [5.41, 5.74) is 0. The number of aliphatic carboxylic acids is 2. The van der Waals surface area contributed by atoms with Gasteiger partial charge in [-0.15, -0.1) is 0 Å². The lowest BCUT2D eigenvalue weighted by molar-refractivity contribution is -0.193. The number of carboxylic acid groups (broad SMARTS) is 2. The molecule has 0 heterocycles. The Bertz CT molecular complexity index is 197. The molecule has 0 fully saturated rings. The summed E-state index contributed by atoms with van der Waals surface area (Å²) >= 11 is 0. The summed E-state index contributed by atoms with van der Waals surface area (Å²) in [4.78, 5) is 17.8. The number of carbonyl (C=O) groups is 2. The lowest BCUT2D eigenvalue weighted by Gasteiger charge is -1.93. The minimum Gasteiger partial charge on any atom is -0.475 e. The quantitative estimate of drug-likeness (QED) is 0.670. The van der Waals surface area contributed by atoms with Crippen LogP contribution in [0.15, 0.2) is 0 Å². The van der Waals surface area contributed by atoms with Crippen molar-refractivity contribution >= 4 is 11.9 Å². The molecule has 0 radical (unpaired) electrons. The summed E-state index contributed by atoms with van der Waals surface area (Å²) in [6.07, 6.45) is -10.2. The largest absolute Gasteiger partial charge is 0.490 e. The number of alkyl halides is 6. The van der Waals surface area contributed by atoms with Crippen molar-refractivity contribution in [1.29, 1.82) is 0 Å². The van der Waals surface area contributed by atoms with Crippen LogP contribution in [0.3, 0.4) is 0 Å². The molecular formula is C8H14F6O4. The minimum absolute atomic E-state index is 2.00. The first kappa shape index (κ1) is 25.4. The van der Waals surface area contributed by atoms with E-state index in [9.17, 15) is 26.3 Å². The molecule has 0 spiro atoms. The van der Waals surface area contributed by atoms with E-state index in [2.05, 4.69) is 0 Å². The molecule has 0 aromatic rings. The molecule has 2 N–H and O–H groups in total. The molecule has 4 nitrogen and oxygen atoms in total. The van der Waals surface area contributed by atoms with Gasteiger partial charge in [0.25, 0.3) is 0 Å². The molecule has 0 amide bonds. The lowest BCUT2D eigenvalue weighted by Crippen LogP contribution is -2.21. The van der Waals surface area contributed by atoms with Crippen LogP contribution in [0.2, 0.25) is 0 Å². The molecule has 18 heavy (non-hydrogen) atoms. The highest BCUT2D eigenvalue weighted by molar-refractivity contribution is 5.73. The van der Waals surface area contributed by atoms with Crippen molar-refractivity contribution in [2.45, 2.75) is 40.0 Å². The van der Waals surface area contributed by atoms with Crippen molar-refractivity contribution in [3.8, 4) is 0 Å². The van der Waals surface area contributed by atoms with E-state index >= 15 is 0 Å². The zero-order valence-corrected chi connectivity index (χ0v) is 9.98. The molecule has 0 saturated heterocycles. The Balaban J connectivity index is -0.0000000851. The Morgan fingerprint density at radius 1 is 0.667 bits per heavy atom. The molecular weight excluding hydrogens is 274 g/mol. The van der Waals surface area contributed by atoms with E-state index in [1.54, 1.807) is 0 Å². The monoisotopic (exact) mass is 288 g/mol. The zero-order chi connectivity index (χ0) is 16.2. The van der Waals surface area contributed by atoms with Gasteiger partial charge in [-0.1, -0.05) is 27.7 Å². The maximum Gasteiger partial charge on any atom is 0.490 e. The topological polar surface area (TPSA) is 74.6 Å². The van der Waals surface area contributed by atoms with Crippen molar-refractivity contribution < 1.29 is 46.1 Å². The van der Waals surface area contributed by atoms with Gasteiger partial charge in [-0.05, 0) is 0 Å². The van der Waals surface area contributed by atoms with Crippen LogP contribution in [0, 0.1) is 0 Å². The van der Waals surface area contributed by atoms with Crippen molar-refractivity contribution in [3.05, 3.63) is 0 Å². The standard InChI is InChI=1S/2C2HF3O2.2C2H6/c2*3-2(4,5)1(6)7;2*1-2/h2*(H,6,7);2*1-2H3. The Morgan fingerprint density at radius 2 is 0.722 bits per heavy atom. The van der Waals surface area contributed by atoms with Crippen LogP contribution in [0.25, 0.3) is 0 Å². The van der Waals surface area contributed by atoms with Crippen LogP contribution >= 0.6 is 0 Å². The maximum atomic E-state index is 10.6. The Labute approximate surface area is 99.2 Å². The smallest absolute Gasteiger partial charge is 0.475 e. The molecule has 0 aliphatic carbocycles. The van der Waals surface area contributed by atoms with Crippen molar-refractivity contribution in [3.63, 3.8) is 0 Å². The number of carboxylic acids is 2. The van der Waals surface area contributed by atoms with Crippen molar-refractivity contribution in [2.24, 2.45) is 0 Å². The predicted molar refractivity (Wildman–Crippen MR) is 50.1 cm³/mol. The van der Waals surface area contributed by atoms with Gasteiger partial charge in [-0.2, -0.15) is 26.3 Å². The molecule has 0 atom stereocenters. The van der Waals surface area contributed by atoms with Crippen LogP contribution in [-0.4, -0.2) is 34.5 Å². The average molecular weight is 288 g/mol. The Kier molecular flexibility index (Phi) is 16.9. The molecule has 10 heteroatoms. The SMILES string of the molecule is CC.CC.O=C(O)C(F)(F)F.O=C(O)C(F)(F)F. The highest BCUT2D eigenvalue weighted by Crippen LogP contribution is 2.13. The lowest BCUT2D eigenvalue weighted by atomic mass is 10.7. The summed E-state index contributed by atoms with van der Waals surface area (Å²) in [7, 11) is 0. The Morgan fingerprint density at radius 3 is 0.722 bits per heavy atom. The number of hydrogen-bond acceptors (Lipinski definition) is 2. The van der Waals surface area contributed by atoms with Gasteiger partial charge in [0.05, 0.1) is 0 Å². The molecule has 0 aliphatic rings. The first-order valence-corrected chi connectivity index (χ1v) is 4.49. The molecule has 0 rings (SSSR count). The Hall–Kier alpha value is -1.48. The van der Waals surface area contributed by atoms with Gasteiger partial charge in [0.1, 0.15) is 0 Å². The third-order valence-electron chi connectivity index (χ3n) is 0.485. The van der Waals surface area contributed by atoms with Gasteiger partial charge in [0.2, 0.25) is 0 Å². The minimum atomic E-state index is -5.08. The van der Waals surface area contributed by atoms with E-state index in [1.165, 1.54) is 0 Å². The summed E-state index contributed by atoms with van der Waals surface area (Å²) < 4.78 is 63.5. The molecule has 0 aliphatic heterocycles. The van der Waals surface area contributed by atoms with Crippen molar-refractivity contribution in [2.75, 3.05) is 0 Å². The highest BCUT2D eigenvalue weighted by Gasteiger charge is 2.38. The second-order valence-electron chi connectivity index (χ2n) is 1.61. The maximum absolute atomic E-state index is 10.6. The second kappa shape index (κ2) is 12.0. The van der Waals surface area contributed by atoms with Gasteiger partial charge in [-0.3, -0.25) is 0 Å². The molecule has 0 saturated carbocycles. The number of rotatable bonds is 0. The van der Waals surface area contributed by atoms with Crippen LogP contribution in [0.4, 0.5) is 26.3 Å². The third-order valence-corrected chi connectivity index (χ3v) is 0.485. The van der Waals surface area contributed by atoms with Gasteiger partial charge < -0.3 is 10.2 Å². The van der Waals surface area contributed by atoms with Crippen LogP contribution in [0.5, 0.6) is 0 Å². The van der Waals surface area contributed by atoms with Crippen LogP contribution < -0.4 is 0 Å². The fraction of sp³-hybridized carbons (Fsp3) is 0.750. The zero-order valence-electron chi connectivity index (χ0n) is 9.98. The molecule has 0 aromatic carbocycles. The van der Waals surface area contributed by atoms with E-state index in [-0.39, 0.29) is 0 Å². The molecule has 0 bridgehead atoms. The predicted octanol–water partition coefficient (Wildman–Crippen LogP) is 3.32. The fourth-order valence-electron chi connectivity index (χ4n) is 0.